The molecule has 0 bridgehead atoms. The molecule has 3 aromatic rings. The summed E-state index contributed by atoms with van der Waals surface area (Å²) in [5.41, 5.74) is 1.26. The zero-order chi connectivity index (χ0) is 24.7. The first-order valence-corrected chi connectivity index (χ1v) is 11.5. The molecule has 0 saturated carbocycles. The van der Waals surface area contributed by atoms with Crippen LogP contribution in [-0.4, -0.2) is 53.2 Å². The van der Waals surface area contributed by atoms with Crippen molar-refractivity contribution in [2.24, 2.45) is 5.41 Å². The van der Waals surface area contributed by atoms with Crippen molar-refractivity contribution in [3.8, 4) is 22.9 Å². The molecule has 1 aromatic heterocycles. The number of carboxylic acid groups (broad SMARTS) is 1. The number of aliphatic carboxylic acids is 1. The Bertz CT molecular complexity index is 1320. The smallest absolute Gasteiger partial charge is 0.310 e. The number of halogens is 1. The summed E-state index contributed by atoms with van der Waals surface area (Å²) in [5.74, 6) is -1.58. The predicted octanol–water partition coefficient (Wildman–Crippen LogP) is 4.71. The van der Waals surface area contributed by atoms with Gasteiger partial charge in [-0.2, -0.15) is 0 Å². The number of aromatic nitrogens is 1. The standard InChI is InChI=1S/C27H25FN2O5/c1-27(2,26(32)33)23-18-5-3-4-6-22(18)35-24-19(23)9-10-21(29-24)16-7-8-17(20(28)15-16)25(31)30-11-13-34-14-12-30/h3-10,15,23H,11-14H2,1-2H3,(H,32,33)/t23-/m0/s1. The Labute approximate surface area is 202 Å². The second kappa shape index (κ2) is 8.78. The van der Waals surface area contributed by atoms with Crippen molar-refractivity contribution in [1.29, 1.82) is 0 Å². The summed E-state index contributed by atoms with van der Waals surface area (Å²) in [6.07, 6.45) is 0. The fraction of sp³-hybridized carbons (Fsp3) is 0.296. The average molecular weight is 477 g/mol. The Kier molecular flexibility index (Phi) is 5.76. The number of morpholine rings is 1. The van der Waals surface area contributed by atoms with Gasteiger partial charge in [0.2, 0.25) is 5.88 Å². The van der Waals surface area contributed by atoms with Gasteiger partial charge >= 0.3 is 5.97 Å². The maximum Gasteiger partial charge on any atom is 0.310 e. The quantitative estimate of drug-likeness (QED) is 0.587. The Morgan fingerprint density at radius 2 is 1.80 bits per heavy atom. The number of benzene rings is 2. The van der Waals surface area contributed by atoms with Gasteiger partial charge in [0.1, 0.15) is 11.6 Å². The lowest BCUT2D eigenvalue weighted by Crippen LogP contribution is -2.41. The van der Waals surface area contributed by atoms with Crippen LogP contribution in [0.3, 0.4) is 0 Å². The second-order valence-corrected chi connectivity index (χ2v) is 9.29. The molecule has 2 aliphatic rings. The Hall–Kier alpha value is -3.78. The highest BCUT2D eigenvalue weighted by Crippen LogP contribution is 2.51. The molecule has 0 aliphatic carbocycles. The van der Waals surface area contributed by atoms with E-state index in [1.54, 1.807) is 43.0 Å². The number of fused-ring (bicyclic) bond motifs is 2. The lowest BCUT2D eigenvalue weighted by molar-refractivity contribution is -0.147. The summed E-state index contributed by atoms with van der Waals surface area (Å²) in [6, 6.07) is 15.2. The molecule has 1 saturated heterocycles. The third-order valence-electron chi connectivity index (χ3n) is 6.70. The second-order valence-electron chi connectivity index (χ2n) is 9.29. The molecular weight excluding hydrogens is 451 g/mol. The molecule has 7 nitrogen and oxygen atoms in total. The Morgan fingerprint density at radius 1 is 1.06 bits per heavy atom. The van der Waals surface area contributed by atoms with Gasteiger partial charge in [0.15, 0.2) is 0 Å². The summed E-state index contributed by atoms with van der Waals surface area (Å²) in [5, 5.41) is 9.93. The predicted molar refractivity (Wildman–Crippen MR) is 126 cm³/mol. The molecule has 2 aromatic carbocycles. The molecule has 5 rings (SSSR count). The number of rotatable bonds is 4. The van der Waals surface area contributed by atoms with E-state index in [1.807, 2.05) is 18.2 Å². The van der Waals surface area contributed by atoms with Crippen LogP contribution in [0, 0.1) is 11.2 Å². The van der Waals surface area contributed by atoms with Crippen LogP contribution >= 0.6 is 0 Å². The molecule has 1 fully saturated rings. The van der Waals surface area contributed by atoms with Crippen LogP contribution in [0.25, 0.3) is 11.3 Å². The SMILES string of the molecule is CC(C)(C(=O)O)[C@H]1c2ccccc2Oc2nc(-c3ccc(C(=O)N4CCOCC4)c(F)c3)ccc21. The minimum atomic E-state index is -1.12. The molecular formula is C27H25FN2O5. The van der Waals surface area contributed by atoms with E-state index < -0.39 is 23.1 Å². The van der Waals surface area contributed by atoms with Crippen molar-refractivity contribution in [2.75, 3.05) is 26.3 Å². The summed E-state index contributed by atoms with van der Waals surface area (Å²) in [6.45, 7) is 5.09. The fourth-order valence-corrected chi connectivity index (χ4v) is 4.68. The number of hydrogen-bond acceptors (Lipinski definition) is 5. The molecule has 1 N–H and O–H groups in total. The molecule has 1 atom stereocenters. The van der Waals surface area contributed by atoms with Crippen molar-refractivity contribution < 1.29 is 28.6 Å². The zero-order valence-electron chi connectivity index (χ0n) is 19.5. The monoisotopic (exact) mass is 476 g/mol. The minimum Gasteiger partial charge on any atom is -0.481 e. The number of carboxylic acids is 1. The van der Waals surface area contributed by atoms with E-state index in [9.17, 15) is 19.1 Å². The number of nitrogens with zero attached hydrogens (tertiary/aromatic N) is 2. The number of amides is 1. The van der Waals surface area contributed by atoms with E-state index in [4.69, 9.17) is 9.47 Å². The highest BCUT2D eigenvalue weighted by atomic mass is 19.1. The van der Waals surface area contributed by atoms with E-state index in [-0.39, 0.29) is 17.4 Å². The summed E-state index contributed by atoms with van der Waals surface area (Å²) >= 11 is 0. The van der Waals surface area contributed by atoms with E-state index in [0.29, 0.717) is 48.9 Å². The summed E-state index contributed by atoms with van der Waals surface area (Å²) in [4.78, 5) is 31.0. The van der Waals surface area contributed by atoms with Gasteiger partial charge in [-0.25, -0.2) is 9.37 Å². The topological polar surface area (TPSA) is 89.0 Å². The molecule has 1 amide bonds. The first-order chi connectivity index (χ1) is 16.8. The molecule has 0 spiro atoms. The Morgan fingerprint density at radius 3 is 2.51 bits per heavy atom. The number of carbonyl (C=O) groups is 2. The lowest BCUT2D eigenvalue weighted by atomic mass is 9.70. The van der Waals surface area contributed by atoms with Crippen LogP contribution in [0.5, 0.6) is 11.6 Å². The van der Waals surface area contributed by atoms with Gasteiger partial charge in [0.25, 0.3) is 5.91 Å². The minimum absolute atomic E-state index is 0.00191. The first-order valence-electron chi connectivity index (χ1n) is 11.5. The van der Waals surface area contributed by atoms with Gasteiger partial charge < -0.3 is 19.5 Å². The molecule has 180 valence electrons. The molecule has 35 heavy (non-hydrogen) atoms. The Balaban J connectivity index is 1.51. The number of ether oxygens (including phenoxy) is 2. The number of para-hydroxylation sites is 1. The van der Waals surface area contributed by atoms with Crippen molar-refractivity contribution in [3.05, 3.63) is 77.1 Å². The van der Waals surface area contributed by atoms with Gasteiger partial charge in [-0.15, -0.1) is 0 Å². The van der Waals surface area contributed by atoms with Gasteiger partial charge in [-0.05, 0) is 38.1 Å². The third kappa shape index (κ3) is 4.04. The van der Waals surface area contributed by atoms with Crippen LogP contribution in [0.2, 0.25) is 0 Å². The van der Waals surface area contributed by atoms with E-state index in [0.717, 1.165) is 5.56 Å². The average Bonchev–Trinajstić information content (AvgIpc) is 2.86. The van der Waals surface area contributed by atoms with E-state index >= 15 is 0 Å². The van der Waals surface area contributed by atoms with Crippen molar-refractivity contribution in [3.63, 3.8) is 0 Å². The van der Waals surface area contributed by atoms with Gasteiger partial charge in [0.05, 0.1) is 29.9 Å². The van der Waals surface area contributed by atoms with Gasteiger partial charge in [-0.1, -0.05) is 30.3 Å². The highest BCUT2D eigenvalue weighted by molar-refractivity contribution is 5.95. The highest BCUT2D eigenvalue weighted by Gasteiger charge is 2.44. The molecule has 0 radical (unpaired) electrons. The largest absolute Gasteiger partial charge is 0.481 e. The van der Waals surface area contributed by atoms with Crippen LogP contribution in [-0.2, 0) is 9.53 Å². The van der Waals surface area contributed by atoms with Crippen LogP contribution in [0.4, 0.5) is 4.39 Å². The lowest BCUT2D eigenvalue weighted by Gasteiger charge is -2.36. The number of carbonyl (C=O) groups excluding carboxylic acids is 1. The van der Waals surface area contributed by atoms with Crippen molar-refractivity contribution in [2.45, 2.75) is 19.8 Å². The van der Waals surface area contributed by atoms with E-state index in [1.165, 1.54) is 12.1 Å². The van der Waals surface area contributed by atoms with Crippen molar-refractivity contribution in [1.82, 2.24) is 9.88 Å². The molecule has 2 aliphatic heterocycles. The van der Waals surface area contributed by atoms with Crippen LogP contribution in [0.15, 0.2) is 54.6 Å². The van der Waals surface area contributed by atoms with Crippen LogP contribution in [0.1, 0.15) is 41.3 Å². The normalized spacial score (nSPS) is 17.2. The summed E-state index contributed by atoms with van der Waals surface area (Å²) < 4.78 is 26.3. The van der Waals surface area contributed by atoms with Gasteiger partial charge in [0, 0.05) is 35.7 Å². The van der Waals surface area contributed by atoms with Gasteiger partial charge in [-0.3, -0.25) is 9.59 Å². The zero-order valence-corrected chi connectivity index (χ0v) is 19.5. The first kappa shape index (κ1) is 23.0. The maximum atomic E-state index is 15.0. The number of hydrogen-bond donors (Lipinski definition) is 1. The maximum absolute atomic E-state index is 15.0. The fourth-order valence-electron chi connectivity index (χ4n) is 4.68. The number of pyridine rings is 1. The van der Waals surface area contributed by atoms with E-state index in [2.05, 4.69) is 4.98 Å². The molecule has 8 heteroatoms. The van der Waals surface area contributed by atoms with Crippen LogP contribution < -0.4 is 4.74 Å². The molecule has 3 heterocycles. The molecule has 0 unspecified atom stereocenters. The third-order valence-corrected chi connectivity index (χ3v) is 6.70. The summed E-state index contributed by atoms with van der Waals surface area (Å²) in [7, 11) is 0. The van der Waals surface area contributed by atoms with Crippen molar-refractivity contribution >= 4 is 11.9 Å².